The van der Waals surface area contributed by atoms with Gasteiger partial charge in [-0.2, -0.15) is 0 Å². The topological polar surface area (TPSA) is 72.4 Å². The lowest BCUT2D eigenvalue weighted by molar-refractivity contribution is -0.131. The number of nitrogens with one attached hydrogen (secondary N) is 1. The zero-order chi connectivity index (χ0) is 17.7. The quantitative estimate of drug-likeness (QED) is 0.446. The van der Waals surface area contributed by atoms with Gasteiger partial charge in [-0.05, 0) is 61.1 Å². The van der Waals surface area contributed by atoms with Gasteiger partial charge >= 0.3 is 0 Å². The second-order valence-corrected chi connectivity index (χ2v) is 9.18. The molecule has 2 atom stereocenters. The Bertz CT molecular complexity index is 682. The predicted octanol–water partition coefficient (Wildman–Crippen LogP) is 3.69. The van der Waals surface area contributed by atoms with Crippen molar-refractivity contribution < 1.29 is 14.6 Å². The van der Waals surface area contributed by atoms with E-state index in [4.69, 9.17) is 5.21 Å². The van der Waals surface area contributed by atoms with Crippen LogP contribution in [0.5, 0.6) is 0 Å². The third kappa shape index (κ3) is 4.39. The summed E-state index contributed by atoms with van der Waals surface area (Å²) in [6, 6.07) is 12.7. The van der Waals surface area contributed by atoms with E-state index in [9.17, 15) is 9.35 Å². The fourth-order valence-electron chi connectivity index (χ4n) is 2.56. The molecule has 0 saturated carbocycles. The van der Waals surface area contributed by atoms with Crippen LogP contribution in [0.4, 0.5) is 0 Å². The van der Waals surface area contributed by atoms with Gasteiger partial charge in [0.2, 0.25) is 4.75 Å². The average Bonchev–Trinajstić information content (AvgIpc) is 3.00. The molecule has 0 saturated heterocycles. The number of rotatable bonds is 7. The van der Waals surface area contributed by atoms with Gasteiger partial charge in [0.05, 0.1) is 6.26 Å². The molecule has 0 aliphatic carbocycles. The summed E-state index contributed by atoms with van der Waals surface area (Å²) >= 11 is 0.421. The van der Waals surface area contributed by atoms with E-state index in [0.717, 1.165) is 12.8 Å². The number of aryl methyl sites for hydroxylation is 2. The first-order valence-corrected chi connectivity index (χ1v) is 10.2. The molecule has 1 aromatic heterocycles. The van der Waals surface area contributed by atoms with Gasteiger partial charge in [0.25, 0.3) is 5.91 Å². The largest absolute Gasteiger partial charge is 0.616 e. The van der Waals surface area contributed by atoms with E-state index in [0.29, 0.717) is 6.42 Å². The number of thiophene rings is 1. The Hall–Kier alpha value is -1.34. The van der Waals surface area contributed by atoms with Gasteiger partial charge in [0.15, 0.2) is 0 Å². The van der Waals surface area contributed by atoms with Crippen molar-refractivity contribution in [2.24, 2.45) is 0 Å². The number of hydrogen-bond donors (Lipinski definition) is 2. The van der Waals surface area contributed by atoms with Crippen molar-refractivity contribution in [3.63, 3.8) is 0 Å². The van der Waals surface area contributed by atoms with Crippen molar-refractivity contribution in [2.45, 2.75) is 37.9 Å². The smallest absolute Gasteiger partial charge is 0.299 e. The fourth-order valence-corrected chi connectivity index (χ4v) is 4.17. The van der Waals surface area contributed by atoms with Crippen LogP contribution in [-0.4, -0.2) is 26.7 Å². The number of carbonyl (C=O) groups excluding carboxylic acids is 1. The molecule has 6 heteroatoms. The summed E-state index contributed by atoms with van der Waals surface area (Å²) in [5.41, 5.74) is 4.02. The number of hydroxylamine groups is 1. The van der Waals surface area contributed by atoms with Gasteiger partial charge in [-0.15, -0.1) is 11.3 Å². The maximum absolute atomic E-state index is 11.9. The second kappa shape index (κ2) is 8.16. The minimum Gasteiger partial charge on any atom is -0.616 e. The van der Waals surface area contributed by atoms with Crippen molar-refractivity contribution in [1.82, 2.24) is 5.48 Å². The van der Waals surface area contributed by atoms with Gasteiger partial charge in [-0.25, -0.2) is 5.48 Å². The van der Waals surface area contributed by atoms with Crippen LogP contribution in [-0.2, 0) is 22.4 Å². The standard InChI is InChI=1S/C18H23NO3S2/c1-13-6-11-16(23-13)15-9-7-14(8-10-15)5-4-12-18(2,24(3)22)17(20)19-21/h6-11,21H,4-5,12H2,1-3H3,(H,19,20). The van der Waals surface area contributed by atoms with Crippen LogP contribution in [0.2, 0.25) is 0 Å². The third-order valence-corrected chi connectivity index (χ3v) is 7.02. The van der Waals surface area contributed by atoms with Crippen LogP contribution in [0.3, 0.4) is 0 Å². The summed E-state index contributed by atoms with van der Waals surface area (Å²) in [6.07, 6.45) is 3.47. The lowest BCUT2D eigenvalue weighted by atomic mass is 9.99. The summed E-state index contributed by atoms with van der Waals surface area (Å²) in [4.78, 5) is 14.3. The molecule has 1 heterocycles. The minimum absolute atomic E-state index is 0.453. The van der Waals surface area contributed by atoms with Crippen molar-refractivity contribution >= 4 is 28.4 Å². The number of benzene rings is 1. The third-order valence-electron chi connectivity index (χ3n) is 4.31. The highest BCUT2D eigenvalue weighted by Crippen LogP contribution is 2.28. The van der Waals surface area contributed by atoms with Crippen LogP contribution in [0.25, 0.3) is 10.4 Å². The summed E-state index contributed by atoms with van der Waals surface area (Å²) in [5, 5.41) is 8.84. The Morgan fingerprint density at radius 1 is 1.29 bits per heavy atom. The van der Waals surface area contributed by atoms with Crippen molar-refractivity contribution in [3.05, 3.63) is 46.8 Å². The first-order chi connectivity index (χ1) is 11.4. The molecule has 0 fully saturated rings. The molecule has 24 heavy (non-hydrogen) atoms. The zero-order valence-electron chi connectivity index (χ0n) is 14.2. The van der Waals surface area contributed by atoms with Crippen molar-refractivity contribution in [3.8, 4) is 10.4 Å². The molecule has 2 unspecified atom stereocenters. The maximum atomic E-state index is 11.9. The van der Waals surface area contributed by atoms with Crippen molar-refractivity contribution in [1.29, 1.82) is 0 Å². The Kier molecular flexibility index (Phi) is 6.46. The summed E-state index contributed by atoms with van der Waals surface area (Å²) < 4.78 is 10.8. The van der Waals surface area contributed by atoms with Gasteiger partial charge in [-0.3, -0.25) is 10.0 Å². The number of hydrogen-bond acceptors (Lipinski definition) is 4. The average molecular weight is 366 g/mol. The first-order valence-electron chi connectivity index (χ1n) is 7.80. The first kappa shape index (κ1) is 19.0. The highest BCUT2D eigenvalue weighted by molar-refractivity contribution is 7.92. The molecule has 0 spiro atoms. The molecule has 1 aromatic carbocycles. The number of amides is 1. The van der Waals surface area contributed by atoms with E-state index < -0.39 is 21.8 Å². The molecule has 0 bridgehead atoms. The highest BCUT2D eigenvalue weighted by Gasteiger charge is 2.42. The Morgan fingerprint density at radius 3 is 2.46 bits per heavy atom. The molecular formula is C18H23NO3S2. The Balaban J connectivity index is 1.96. The molecule has 1 amide bonds. The van der Waals surface area contributed by atoms with E-state index in [1.54, 1.807) is 23.7 Å². The van der Waals surface area contributed by atoms with E-state index in [1.165, 1.54) is 27.1 Å². The number of carbonyl (C=O) groups is 1. The summed E-state index contributed by atoms with van der Waals surface area (Å²) in [5.74, 6) is -0.591. The molecule has 0 aliphatic heterocycles. The van der Waals surface area contributed by atoms with E-state index in [-0.39, 0.29) is 0 Å². The fraction of sp³-hybridized carbons (Fsp3) is 0.389. The normalized spacial score (nSPS) is 14.9. The molecule has 0 radical (unpaired) electrons. The van der Waals surface area contributed by atoms with Gasteiger partial charge < -0.3 is 4.55 Å². The zero-order valence-corrected chi connectivity index (χ0v) is 15.8. The lowest BCUT2D eigenvalue weighted by Gasteiger charge is -2.27. The second-order valence-electron chi connectivity index (χ2n) is 6.09. The van der Waals surface area contributed by atoms with Crippen LogP contribution in [0, 0.1) is 6.92 Å². The molecule has 2 N–H and O–H groups in total. The summed E-state index contributed by atoms with van der Waals surface area (Å²) in [6.45, 7) is 3.72. The molecule has 2 rings (SSSR count). The molecule has 4 nitrogen and oxygen atoms in total. The SMILES string of the molecule is Cc1ccc(-c2ccc(CCCC(C)(C(=O)NO)[S+](C)[O-])cc2)s1. The van der Waals surface area contributed by atoms with Gasteiger partial charge in [0, 0.05) is 16.2 Å². The molecule has 130 valence electrons. The van der Waals surface area contributed by atoms with Crippen molar-refractivity contribution in [2.75, 3.05) is 6.26 Å². The van der Waals surface area contributed by atoms with E-state index in [1.807, 2.05) is 0 Å². The van der Waals surface area contributed by atoms with Crippen LogP contribution in [0.15, 0.2) is 36.4 Å². The van der Waals surface area contributed by atoms with E-state index >= 15 is 0 Å². The van der Waals surface area contributed by atoms with Gasteiger partial charge in [-0.1, -0.05) is 24.3 Å². The summed E-state index contributed by atoms with van der Waals surface area (Å²) in [7, 11) is 0. The highest BCUT2D eigenvalue weighted by atomic mass is 32.2. The molecular weight excluding hydrogens is 342 g/mol. The predicted molar refractivity (Wildman–Crippen MR) is 99.8 cm³/mol. The Morgan fingerprint density at radius 2 is 1.96 bits per heavy atom. The van der Waals surface area contributed by atoms with Crippen LogP contribution in [0.1, 0.15) is 30.2 Å². The molecule has 2 aromatic rings. The lowest BCUT2D eigenvalue weighted by Crippen LogP contribution is -2.49. The maximum Gasteiger partial charge on any atom is 0.299 e. The van der Waals surface area contributed by atoms with Gasteiger partial charge in [0.1, 0.15) is 0 Å². The molecule has 0 aliphatic rings. The van der Waals surface area contributed by atoms with Crippen LogP contribution < -0.4 is 5.48 Å². The van der Waals surface area contributed by atoms with Crippen LogP contribution >= 0.6 is 11.3 Å². The van der Waals surface area contributed by atoms with E-state index in [2.05, 4.69) is 43.3 Å². The minimum atomic E-state index is -1.35. The Labute approximate surface area is 150 Å². The monoisotopic (exact) mass is 365 g/mol.